The number of hydrogen-bond acceptors (Lipinski definition) is 3. The van der Waals surface area contributed by atoms with E-state index in [1.807, 2.05) is 6.92 Å². The zero-order chi connectivity index (χ0) is 14.8. The summed E-state index contributed by atoms with van der Waals surface area (Å²) in [5.74, 6) is 0.779. The van der Waals surface area contributed by atoms with Crippen LogP contribution in [0.15, 0.2) is 23.1 Å². The van der Waals surface area contributed by atoms with Crippen LogP contribution in [0.1, 0.15) is 25.3 Å². The summed E-state index contributed by atoms with van der Waals surface area (Å²) in [5.41, 5.74) is 0.765. The van der Waals surface area contributed by atoms with E-state index in [-0.39, 0.29) is 6.04 Å². The number of rotatable bonds is 5. The van der Waals surface area contributed by atoms with Gasteiger partial charge in [-0.15, -0.1) is 11.8 Å². The predicted molar refractivity (Wildman–Crippen MR) is 74.0 cm³/mol. The van der Waals surface area contributed by atoms with Crippen molar-refractivity contribution in [3.05, 3.63) is 23.8 Å². The summed E-state index contributed by atoms with van der Waals surface area (Å²) in [5, 5.41) is 9.30. The van der Waals surface area contributed by atoms with Crippen LogP contribution in [-0.4, -0.2) is 24.5 Å². The number of thioether (sulfide) groups is 1. The topological polar surface area (TPSA) is 27.0 Å². The van der Waals surface area contributed by atoms with Gasteiger partial charge in [-0.3, -0.25) is 0 Å². The minimum absolute atomic E-state index is 0.0920. The standard InChI is InChI=1S/C14H15F3N2S/c1-2-20-13-5-3-4-12(11(13)8-18)19(10-6-7-10)9-14(15,16)17/h3-5,10H,2,6-7,9H2,1H3. The summed E-state index contributed by atoms with van der Waals surface area (Å²) in [4.78, 5) is 2.08. The molecular weight excluding hydrogens is 285 g/mol. The maximum absolute atomic E-state index is 12.7. The first kappa shape index (κ1) is 15.0. The van der Waals surface area contributed by atoms with E-state index in [2.05, 4.69) is 6.07 Å². The number of anilines is 1. The molecule has 1 aromatic rings. The maximum Gasteiger partial charge on any atom is 0.405 e. The first-order valence-corrected chi connectivity index (χ1v) is 7.44. The van der Waals surface area contributed by atoms with Crippen LogP contribution in [0, 0.1) is 11.3 Å². The van der Waals surface area contributed by atoms with Crippen LogP contribution in [0.2, 0.25) is 0 Å². The van der Waals surface area contributed by atoms with Gasteiger partial charge in [0.1, 0.15) is 12.6 Å². The van der Waals surface area contributed by atoms with Crippen LogP contribution in [-0.2, 0) is 0 Å². The van der Waals surface area contributed by atoms with Crippen molar-refractivity contribution >= 4 is 17.4 Å². The molecule has 0 atom stereocenters. The maximum atomic E-state index is 12.7. The predicted octanol–water partition coefficient (Wildman–Crippen LogP) is 4.20. The number of nitriles is 1. The van der Waals surface area contributed by atoms with E-state index in [0.717, 1.165) is 23.5 Å². The molecule has 6 heteroatoms. The van der Waals surface area contributed by atoms with Gasteiger partial charge in [-0.2, -0.15) is 18.4 Å². The van der Waals surface area contributed by atoms with E-state index < -0.39 is 12.7 Å². The van der Waals surface area contributed by atoms with Crippen molar-refractivity contribution in [2.24, 2.45) is 0 Å². The minimum atomic E-state index is -4.26. The lowest BCUT2D eigenvalue weighted by Crippen LogP contribution is -2.36. The van der Waals surface area contributed by atoms with Gasteiger partial charge < -0.3 is 4.90 Å². The molecule has 1 saturated carbocycles. The Morgan fingerprint density at radius 2 is 2.10 bits per heavy atom. The lowest BCUT2D eigenvalue weighted by Gasteiger charge is -2.27. The summed E-state index contributed by atoms with van der Waals surface area (Å²) in [6.07, 6.45) is -2.75. The molecule has 0 heterocycles. The van der Waals surface area contributed by atoms with E-state index in [1.165, 1.54) is 16.7 Å². The fourth-order valence-corrected chi connectivity index (χ4v) is 2.92. The molecule has 0 unspecified atom stereocenters. The third-order valence-corrected chi connectivity index (χ3v) is 4.00. The highest BCUT2D eigenvalue weighted by molar-refractivity contribution is 7.99. The van der Waals surface area contributed by atoms with Crippen LogP contribution in [0.4, 0.5) is 18.9 Å². The Balaban J connectivity index is 2.38. The zero-order valence-corrected chi connectivity index (χ0v) is 11.9. The van der Waals surface area contributed by atoms with Gasteiger partial charge in [-0.1, -0.05) is 13.0 Å². The highest BCUT2D eigenvalue weighted by Crippen LogP contribution is 2.38. The number of halogens is 3. The van der Waals surface area contributed by atoms with Crippen molar-refractivity contribution in [2.45, 2.75) is 36.9 Å². The van der Waals surface area contributed by atoms with Gasteiger partial charge >= 0.3 is 6.18 Å². The fraction of sp³-hybridized carbons (Fsp3) is 0.500. The smallest absolute Gasteiger partial charge is 0.358 e. The van der Waals surface area contributed by atoms with Gasteiger partial charge in [0, 0.05) is 10.9 Å². The lowest BCUT2D eigenvalue weighted by atomic mass is 10.1. The van der Waals surface area contributed by atoms with E-state index in [9.17, 15) is 18.4 Å². The largest absolute Gasteiger partial charge is 0.405 e. The second-order valence-corrected chi connectivity index (χ2v) is 5.98. The van der Waals surface area contributed by atoms with Gasteiger partial charge in [-0.05, 0) is 30.7 Å². The molecule has 0 N–H and O–H groups in total. The van der Waals surface area contributed by atoms with Crippen molar-refractivity contribution in [2.75, 3.05) is 17.2 Å². The number of nitrogens with zero attached hydrogens (tertiary/aromatic N) is 2. The van der Waals surface area contributed by atoms with E-state index >= 15 is 0 Å². The van der Waals surface area contributed by atoms with Crippen molar-refractivity contribution < 1.29 is 13.2 Å². The summed E-state index contributed by atoms with van der Waals surface area (Å²) >= 11 is 1.48. The SMILES string of the molecule is CCSc1cccc(N(CC(F)(F)F)C2CC2)c1C#N. The molecular formula is C14H15F3N2S. The summed E-state index contributed by atoms with van der Waals surface area (Å²) in [6, 6.07) is 7.10. The van der Waals surface area contributed by atoms with Crippen LogP contribution >= 0.6 is 11.8 Å². The fourth-order valence-electron chi connectivity index (χ4n) is 2.14. The van der Waals surface area contributed by atoms with E-state index in [1.54, 1.807) is 18.2 Å². The first-order valence-electron chi connectivity index (χ1n) is 6.45. The molecule has 0 saturated heterocycles. The molecule has 20 heavy (non-hydrogen) atoms. The average Bonchev–Trinajstić information content (AvgIpc) is 3.19. The Kier molecular flexibility index (Phi) is 4.48. The van der Waals surface area contributed by atoms with Crippen molar-refractivity contribution in [3.63, 3.8) is 0 Å². The molecule has 1 fully saturated rings. The lowest BCUT2D eigenvalue weighted by molar-refractivity contribution is -0.120. The second kappa shape index (κ2) is 5.96. The molecule has 0 aromatic heterocycles. The minimum Gasteiger partial charge on any atom is -0.358 e. The van der Waals surface area contributed by atoms with Gasteiger partial charge in [0.05, 0.1) is 11.3 Å². The highest BCUT2D eigenvalue weighted by Gasteiger charge is 2.39. The molecule has 0 bridgehead atoms. The molecule has 0 radical (unpaired) electrons. The van der Waals surface area contributed by atoms with E-state index in [0.29, 0.717) is 11.3 Å². The molecule has 0 aliphatic heterocycles. The van der Waals surface area contributed by atoms with Crippen LogP contribution < -0.4 is 4.90 Å². The Hall–Kier alpha value is -1.35. The van der Waals surface area contributed by atoms with Crippen LogP contribution in [0.3, 0.4) is 0 Å². The molecule has 1 aliphatic carbocycles. The third-order valence-electron chi connectivity index (χ3n) is 3.06. The van der Waals surface area contributed by atoms with Gasteiger partial charge in [0.25, 0.3) is 0 Å². The molecule has 2 nitrogen and oxygen atoms in total. The Bertz CT molecular complexity index is 518. The second-order valence-electron chi connectivity index (χ2n) is 4.67. The number of hydrogen-bond donors (Lipinski definition) is 0. The van der Waals surface area contributed by atoms with Gasteiger partial charge in [0.2, 0.25) is 0 Å². The molecule has 0 amide bonds. The Morgan fingerprint density at radius 1 is 1.40 bits per heavy atom. The van der Waals surface area contributed by atoms with E-state index in [4.69, 9.17) is 0 Å². The Morgan fingerprint density at radius 3 is 2.60 bits per heavy atom. The van der Waals surface area contributed by atoms with Crippen LogP contribution in [0.5, 0.6) is 0 Å². The summed E-state index contributed by atoms with van der Waals surface area (Å²) in [6.45, 7) is 0.958. The Labute approximate surface area is 120 Å². The highest BCUT2D eigenvalue weighted by atomic mass is 32.2. The van der Waals surface area contributed by atoms with Crippen molar-refractivity contribution in [1.82, 2.24) is 0 Å². The summed E-state index contributed by atoms with van der Waals surface area (Å²) in [7, 11) is 0. The molecule has 1 aromatic carbocycles. The third kappa shape index (κ3) is 3.60. The van der Waals surface area contributed by atoms with Crippen LogP contribution in [0.25, 0.3) is 0 Å². The average molecular weight is 300 g/mol. The number of benzene rings is 1. The normalized spacial score (nSPS) is 14.9. The molecule has 1 aliphatic rings. The summed E-state index contributed by atoms with van der Waals surface area (Å²) < 4.78 is 38.2. The zero-order valence-electron chi connectivity index (χ0n) is 11.1. The number of alkyl halides is 3. The first-order chi connectivity index (χ1) is 9.46. The molecule has 0 spiro atoms. The molecule has 108 valence electrons. The monoisotopic (exact) mass is 300 g/mol. The van der Waals surface area contributed by atoms with Crippen molar-refractivity contribution in [1.29, 1.82) is 5.26 Å². The van der Waals surface area contributed by atoms with Gasteiger partial charge in [-0.25, -0.2) is 0 Å². The van der Waals surface area contributed by atoms with Gasteiger partial charge in [0.15, 0.2) is 0 Å². The molecule has 2 rings (SSSR count). The quantitative estimate of drug-likeness (QED) is 0.763. The van der Waals surface area contributed by atoms with Crippen molar-refractivity contribution in [3.8, 4) is 6.07 Å².